The Bertz CT molecular complexity index is 707. The van der Waals surface area contributed by atoms with Gasteiger partial charge < -0.3 is 9.84 Å². The molecular weight excluding hydrogens is 326 g/mol. The van der Waals surface area contributed by atoms with Crippen LogP contribution in [0.4, 0.5) is 0 Å². The Balaban J connectivity index is 1.75. The summed E-state index contributed by atoms with van der Waals surface area (Å²) in [6.07, 6.45) is 0.837. The molecule has 26 heavy (non-hydrogen) atoms. The number of nitrogens with one attached hydrogen (secondary N) is 1. The van der Waals surface area contributed by atoms with Crippen LogP contribution in [-0.4, -0.2) is 36.1 Å². The third-order valence-corrected chi connectivity index (χ3v) is 4.58. The standard InChI is InChI=1S/C21H31N3O2/c1-15-19(16(2)26-23-15)13-24(6)14-20(25)22-12-11-17-7-9-18(10-8-17)21(3,4)5/h7-10H,11-14H2,1-6H3,(H,22,25). The van der Waals surface area contributed by atoms with E-state index in [-0.39, 0.29) is 11.3 Å². The van der Waals surface area contributed by atoms with E-state index in [1.807, 2.05) is 25.8 Å². The Morgan fingerprint density at radius 3 is 2.38 bits per heavy atom. The van der Waals surface area contributed by atoms with Crippen molar-refractivity contribution in [2.75, 3.05) is 20.1 Å². The summed E-state index contributed by atoms with van der Waals surface area (Å²) < 4.78 is 5.17. The van der Waals surface area contributed by atoms with Gasteiger partial charge in [-0.25, -0.2) is 0 Å². The van der Waals surface area contributed by atoms with Crippen LogP contribution in [0.2, 0.25) is 0 Å². The third kappa shape index (κ3) is 5.70. The molecule has 0 aliphatic heterocycles. The monoisotopic (exact) mass is 357 g/mol. The maximum absolute atomic E-state index is 12.1. The van der Waals surface area contributed by atoms with Crippen molar-refractivity contribution in [2.24, 2.45) is 0 Å². The van der Waals surface area contributed by atoms with Crippen molar-refractivity contribution in [3.05, 3.63) is 52.4 Å². The van der Waals surface area contributed by atoms with E-state index in [2.05, 4.69) is 55.5 Å². The minimum Gasteiger partial charge on any atom is -0.361 e. The van der Waals surface area contributed by atoms with Crippen LogP contribution in [-0.2, 0) is 23.2 Å². The molecule has 5 heteroatoms. The molecule has 2 aromatic rings. The first kappa shape index (κ1) is 20.2. The molecule has 5 nitrogen and oxygen atoms in total. The minimum atomic E-state index is 0.0329. The van der Waals surface area contributed by atoms with Crippen molar-refractivity contribution in [1.29, 1.82) is 0 Å². The van der Waals surface area contributed by atoms with Gasteiger partial charge in [-0.1, -0.05) is 50.2 Å². The van der Waals surface area contributed by atoms with Crippen LogP contribution in [0.15, 0.2) is 28.8 Å². The summed E-state index contributed by atoms with van der Waals surface area (Å²) >= 11 is 0. The number of rotatable bonds is 7. The van der Waals surface area contributed by atoms with Gasteiger partial charge in [0.25, 0.3) is 0 Å². The zero-order valence-electron chi connectivity index (χ0n) is 16.8. The van der Waals surface area contributed by atoms with Gasteiger partial charge in [0, 0.05) is 18.7 Å². The molecule has 1 aromatic carbocycles. The number of nitrogens with zero attached hydrogens (tertiary/aromatic N) is 2. The molecule has 0 saturated heterocycles. The molecule has 0 fully saturated rings. The molecule has 0 saturated carbocycles. The molecule has 1 amide bonds. The lowest BCUT2D eigenvalue weighted by Gasteiger charge is -2.19. The molecule has 0 atom stereocenters. The van der Waals surface area contributed by atoms with Crippen molar-refractivity contribution in [3.8, 4) is 0 Å². The largest absolute Gasteiger partial charge is 0.361 e. The Morgan fingerprint density at radius 1 is 1.19 bits per heavy atom. The molecule has 0 spiro atoms. The topological polar surface area (TPSA) is 58.4 Å². The predicted molar refractivity (Wildman–Crippen MR) is 104 cm³/mol. The van der Waals surface area contributed by atoms with Gasteiger partial charge >= 0.3 is 0 Å². The molecule has 1 aromatic heterocycles. The number of amides is 1. The first-order valence-electron chi connectivity index (χ1n) is 9.13. The summed E-state index contributed by atoms with van der Waals surface area (Å²) in [5, 5.41) is 6.95. The van der Waals surface area contributed by atoms with E-state index in [1.165, 1.54) is 11.1 Å². The summed E-state index contributed by atoms with van der Waals surface area (Å²) in [6, 6.07) is 8.65. The normalized spacial score (nSPS) is 11.8. The van der Waals surface area contributed by atoms with Crippen LogP contribution in [0.5, 0.6) is 0 Å². The molecule has 1 N–H and O–H groups in total. The van der Waals surface area contributed by atoms with Gasteiger partial charge in [0.2, 0.25) is 5.91 Å². The highest BCUT2D eigenvalue weighted by molar-refractivity contribution is 5.77. The zero-order valence-corrected chi connectivity index (χ0v) is 16.8. The molecule has 0 aliphatic carbocycles. The van der Waals surface area contributed by atoms with Crippen LogP contribution >= 0.6 is 0 Å². The number of benzene rings is 1. The van der Waals surface area contributed by atoms with Gasteiger partial charge in [0.1, 0.15) is 5.76 Å². The van der Waals surface area contributed by atoms with Crippen molar-refractivity contribution < 1.29 is 9.32 Å². The van der Waals surface area contributed by atoms with Gasteiger partial charge in [-0.3, -0.25) is 9.69 Å². The fourth-order valence-electron chi connectivity index (χ4n) is 2.87. The number of carbonyl (C=O) groups excluding carboxylic acids is 1. The van der Waals surface area contributed by atoms with Crippen molar-refractivity contribution >= 4 is 5.91 Å². The zero-order chi connectivity index (χ0) is 19.3. The van der Waals surface area contributed by atoms with Crippen LogP contribution in [0.25, 0.3) is 0 Å². The van der Waals surface area contributed by atoms with Crippen LogP contribution < -0.4 is 5.32 Å². The molecule has 0 radical (unpaired) electrons. The van der Waals surface area contributed by atoms with E-state index in [9.17, 15) is 4.79 Å². The first-order chi connectivity index (χ1) is 12.2. The summed E-state index contributed by atoms with van der Waals surface area (Å²) in [5.41, 5.74) is 4.67. The Morgan fingerprint density at radius 2 is 1.85 bits per heavy atom. The lowest BCUT2D eigenvalue weighted by Crippen LogP contribution is -2.36. The van der Waals surface area contributed by atoms with Crippen molar-refractivity contribution in [1.82, 2.24) is 15.4 Å². The smallest absolute Gasteiger partial charge is 0.234 e. The molecule has 0 bridgehead atoms. The highest BCUT2D eigenvalue weighted by atomic mass is 16.5. The summed E-state index contributed by atoms with van der Waals surface area (Å²) in [5.74, 6) is 0.846. The van der Waals surface area contributed by atoms with E-state index in [4.69, 9.17) is 4.52 Å². The van der Waals surface area contributed by atoms with Gasteiger partial charge in [0.05, 0.1) is 12.2 Å². The third-order valence-electron chi connectivity index (χ3n) is 4.58. The first-order valence-corrected chi connectivity index (χ1v) is 9.13. The second-order valence-electron chi connectivity index (χ2n) is 8.02. The van der Waals surface area contributed by atoms with E-state index in [0.717, 1.165) is 23.4 Å². The molecule has 2 rings (SSSR count). The highest BCUT2D eigenvalue weighted by Gasteiger charge is 2.14. The van der Waals surface area contributed by atoms with Gasteiger partial charge in [0.15, 0.2) is 0 Å². The van der Waals surface area contributed by atoms with Gasteiger partial charge in [-0.05, 0) is 43.9 Å². The average molecular weight is 357 g/mol. The minimum absolute atomic E-state index is 0.0329. The average Bonchev–Trinajstić information content (AvgIpc) is 2.86. The highest BCUT2D eigenvalue weighted by Crippen LogP contribution is 2.22. The summed E-state index contributed by atoms with van der Waals surface area (Å²) in [4.78, 5) is 14.1. The van der Waals surface area contributed by atoms with Crippen LogP contribution in [0.3, 0.4) is 0 Å². The van der Waals surface area contributed by atoms with Crippen LogP contribution in [0, 0.1) is 13.8 Å². The molecule has 1 heterocycles. The second kappa shape index (κ2) is 8.49. The lowest BCUT2D eigenvalue weighted by molar-refractivity contribution is -0.122. The lowest BCUT2D eigenvalue weighted by atomic mass is 9.86. The molecule has 0 unspecified atom stereocenters. The number of hydrogen-bond donors (Lipinski definition) is 1. The van der Waals surface area contributed by atoms with Gasteiger partial charge in [-0.2, -0.15) is 0 Å². The van der Waals surface area contributed by atoms with E-state index >= 15 is 0 Å². The van der Waals surface area contributed by atoms with E-state index in [1.54, 1.807) is 0 Å². The number of hydrogen-bond acceptors (Lipinski definition) is 4. The van der Waals surface area contributed by atoms with Gasteiger partial charge in [-0.15, -0.1) is 0 Å². The molecule has 142 valence electrons. The van der Waals surface area contributed by atoms with E-state index < -0.39 is 0 Å². The predicted octanol–water partition coefficient (Wildman–Crippen LogP) is 3.38. The van der Waals surface area contributed by atoms with Crippen molar-refractivity contribution in [3.63, 3.8) is 0 Å². The number of aromatic nitrogens is 1. The maximum Gasteiger partial charge on any atom is 0.234 e. The Hall–Kier alpha value is -2.14. The quantitative estimate of drug-likeness (QED) is 0.825. The van der Waals surface area contributed by atoms with Crippen LogP contribution in [0.1, 0.15) is 48.9 Å². The van der Waals surface area contributed by atoms with E-state index in [0.29, 0.717) is 19.6 Å². The summed E-state index contributed by atoms with van der Waals surface area (Å²) in [6.45, 7) is 12.1. The Kier molecular flexibility index (Phi) is 6.59. The Labute approximate surface area is 156 Å². The SMILES string of the molecule is Cc1noc(C)c1CN(C)CC(=O)NCCc1ccc(C(C)(C)C)cc1. The molecule has 0 aliphatic rings. The number of carbonyl (C=O) groups is 1. The number of likely N-dealkylation sites (N-methyl/N-ethyl adjacent to an activating group) is 1. The fourth-order valence-corrected chi connectivity index (χ4v) is 2.87. The maximum atomic E-state index is 12.1. The molecular formula is C21H31N3O2. The van der Waals surface area contributed by atoms with Crippen molar-refractivity contribution in [2.45, 2.75) is 53.0 Å². The number of aryl methyl sites for hydroxylation is 2. The fraction of sp³-hybridized carbons (Fsp3) is 0.524. The second-order valence-corrected chi connectivity index (χ2v) is 8.02. The summed E-state index contributed by atoms with van der Waals surface area (Å²) in [7, 11) is 1.93.